The number of allylic oxidation sites excluding steroid dienone is 2. The van der Waals surface area contributed by atoms with Crippen LogP contribution in [-0.2, 0) is 4.79 Å². The first kappa shape index (κ1) is 27.1. The Bertz CT molecular complexity index is 973. The molecule has 0 spiro atoms. The van der Waals surface area contributed by atoms with Crippen LogP contribution in [-0.4, -0.2) is 70.9 Å². The van der Waals surface area contributed by atoms with Gasteiger partial charge in [-0.15, -0.1) is 0 Å². The molecule has 2 heterocycles. The number of hydrogen-bond donors (Lipinski definition) is 2. The lowest BCUT2D eigenvalue weighted by atomic mass is 9.98. The number of nitrogens with one attached hydrogen (secondary N) is 2. The lowest BCUT2D eigenvalue weighted by Crippen LogP contribution is -2.47. The predicted molar refractivity (Wildman–Crippen MR) is 134 cm³/mol. The Hall–Kier alpha value is -3.13. The smallest absolute Gasteiger partial charge is 0.222 e. The van der Waals surface area contributed by atoms with Crippen LogP contribution >= 0.6 is 0 Å². The highest BCUT2D eigenvalue weighted by atomic mass is 19.1. The van der Waals surface area contributed by atoms with E-state index in [9.17, 15) is 14.0 Å². The Labute approximate surface area is 201 Å². The van der Waals surface area contributed by atoms with E-state index in [4.69, 9.17) is 5.41 Å². The maximum Gasteiger partial charge on any atom is 0.222 e. The van der Waals surface area contributed by atoms with Crippen molar-refractivity contribution in [3.63, 3.8) is 0 Å². The second-order valence-corrected chi connectivity index (χ2v) is 8.77. The van der Waals surface area contributed by atoms with Crippen molar-refractivity contribution in [3.05, 3.63) is 59.4 Å². The van der Waals surface area contributed by atoms with E-state index in [1.165, 1.54) is 18.3 Å². The molecule has 0 aliphatic carbocycles. The van der Waals surface area contributed by atoms with Crippen LogP contribution < -0.4 is 0 Å². The molecule has 1 aliphatic heterocycles. The molecule has 1 saturated heterocycles. The molecule has 0 radical (unpaired) electrons. The standard InChI is InChI=1S/C16H16FN3O.C10H20N2O/c1-10(2)14(16-19-8-13(9-21)20-16)7-15(18)11-3-5-12(17)6-4-11;1-3-4-5-10(13)12-8-6-11(2)7-9-12/h3-10,18H,1-2H3,(H,19,20);3-9H2,1-2H3/b14-7-,18-15?;. The molecule has 34 heavy (non-hydrogen) atoms. The Balaban J connectivity index is 0.000000270. The molecule has 2 N–H and O–H groups in total. The number of likely N-dealkylation sites (N-methyl/N-ethyl adjacent to an activating group) is 1. The van der Waals surface area contributed by atoms with E-state index in [2.05, 4.69) is 28.8 Å². The van der Waals surface area contributed by atoms with Crippen molar-refractivity contribution in [3.8, 4) is 0 Å². The summed E-state index contributed by atoms with van der Waals surface area (Å²) < 4.78 is 12.9. The number of amides is 1. The first-order valence-corrected chi connectivity index (χ1v) is 11.8. The summed E-state index contributed by atoms with van der Waals surface area (Å²) in [6, 6.07) is 5.77. The van der Waals surface area contributed by atoms with Crippen molar-refractivity contribution in [2.75, 3.05) is 33.2 Å². The van der Waals surface area contributed by atoms with Gasteiger partial charge in [-0.25, -0.2) is 9.37 Å². The molecule has 184 valence electrons. The van der Waals surface area contributed by atoms with E-state index in [0.29, 0.717) is 29.3 Å². The second-order valence-electron chi connectivity index (χ2n) is 8.77. The fourth-order valence-electron chi connectivity index (χ4n) is 3.46. The molecule has 1 fully saturated rings. The number of unbranched alkanes of at least 4 members (excludes halogenated alkanes) is 1. The van der Waals surface area contributed by atoms with Gasteiger partial charge in [-0.05, 0) is 60.9 Å². The SMILES string of the molecule is CC(C)/C(=C/C(=N)c1ccc(F)cc1)c1ncc(C=O)[nH]1.CCCCC(=O)N1CCN(C)CC1. The van der Waals surface area contributed by atoms with Gasteiger partial charge in [0.15, 0.2) is 6.29 Å². The van der Waals surface area contributed by atoms with Crippen molar-refractivity contribution in [1.82, 2.24) is 19.8 Å². The maximum atomic E-state index is 12.9. The molecular formula is C26H36FN5O2. The number of aromatic nitrogens is 2. The fraction of sp³-hybridized carbons (Fsp3) is 0.462. The highest BCUT2D eigenvalue weighted by Crippen LogP contribution is 2.21. The Morgan fingerprint density at radius 2 is 1.85 bits per heavy atom. The zero-order valence-electron chi connectivity index (χ0n) is 20.6. The summed E-state index contributed by atoms with van der Waals surface area (Å²) in [5.41, 5.74) is 2.10. The largest absolute Gasteiger partial charge is 0.340 e. The van der Waals surface area contributed by atoms with Crippen molar-refractivity contribution in [1.29, 1.82) is 5.41 Å². The third-order valence-corrected chi connectivity index (χ3v) is 5.67. The Morgan fingerprint density at radius 3 is 2.38 bits per heavy atom. The quantitative estimate of drug-likeness (QED) is 0.442. The van der Waals surface area contributed by atoms with Crippen LogP contribution in [0.5, 0.6) is 0 Å². The number of nitrogens with zero attached hydrogens (tertiary/aromatic N) is 3. The summed E-state index contributed by atoms with van der Waals surface area (Å²) >= 11 is 0. The van der Waals surface area contributed by atoms with Crippen LogP contribution in [0.4, 0.5) is 4.39 Å². The lowest BCUT2D eigenvalue weighted by molar-refractivity contribution is -0.132. The topological polar surface area (TPSA) is 93.1 Å². The first-order valence-electron chi connectivity index (χ1n) is 11.8. The van der Waals surface area contributed by atoms with E-state index < -0.39 is 0 Å². The number of H-pyrrole nitrogens is 1. The van der Waals surface area contributed by atoms with Gasteiger partial charge >= 0.3 is 0 Å². The zero-order valence-corrected chi connectivity index (χ0v) is 20.6. The van der Waals surface area contributed by atoms with Crippen LogP contribution in [0.2, 0.25) is 0 Å². The molecule has 7 nitrogen and oxygen atoms in total. The normalized spacial score (nSPS) is 14.5. The van der Waals surface area contributed by atoms with Crippen LogP contribution in [0, 0.1) is 17.1 Å². The Morgan fingerprint density at radius 1 is 1.21 bits per heavy atom. The molecule has 1 aromatic carbocycles. The van der Waals surface area contributed by atoms with E-state index in [1.807, 2.05) is 18.7 Å². The molecule has 8 heteroatoms. The number of aldehydes is 1. The third kappa shape index (κ3) is 8.33. The van der Waals surface area contributed by atoms with Gasteiger partial charge in [-0.1, -0.05) is 27.2 Å². The maximum absolute atomic E-state index is 12.9. The van der Waals surface area contributed by atoms with Gasteiger partial charge in [0, 0.05) is 32.6 Å². The van der Waals surface area contributed by atoms with Crippen LogP contribution in [0.15, 0.2) is 36.5 Å². The fourth-order valence-corrected chi connectivity index (χ4v) is 3.46. The average Bonchev–Trinajstić information content (AvgIpc) is 3.31. The molecule has 1 aliphatic rings. The number of halogens is 1. The van der Waals surface area contributed by atoms with Gasteiger partial charge in [0.25, 0.3) is 0 Å². The van der Waals surface area contributed by atoms with Crippen LogP contribution in [0.1, 0.15) is 61.9 Å². The zero-order chi connectivity index (χ0) is 25.1. The van der Waals surface area contributed by atoms with Gasteiger partial charge in [0.2, 0.25) is 5.91 Å². The molecule has 1 aromatic heterocycles. The monoisotopic (exact) mass is 469 g/mol. The van der Waals surface area contributed by atoms with E-state index in [-0.39, 0.29) is 17.4 Å². The summed E-state index contributed by atoms with van der Waals surface area (Å²) in [6.45, 7) is 9.96. The van der Waals surface area contributed by atoms with Crippen LogP contribution in [0.25, 0.3) is 5.57 Å². The summed E-state index contributed by atoms with van der Waals surface area (Å²) in [7, 11) is 2.11. The van der Waals surface area contributed by atoms with Crippen molar-refractivity contribution in [2.24, 2.45) is 5.92 Å². The minimum Gasteiger partial charge on any atom is -0.340 e. The third-order valence-electron chi connectivity index (χ3n) is 5.67. The number of aromatic amines is 1. The molecule has 0 atom stereocenters. The summed E-state index contributed by atoms with van der Waals surface area (Å²) in [5.74, 6) is 0.701. The molecule has 0 bridgehead atoms. The number of carbonyl (C=O) groups is 2. The molecule has 0 saturated carbocycles. The van der Waals surface area contributed by atoms with E-state index in [0.717, 1.165) is 51.0 Å². The minimum absolute atomic E-state index is 0.122. The number of benzene rings is 1. The number of carbonyl (C=O) groups excluding carboxylic acids is 2. The number of rotatable bonds is 8. The predicted octanol–water partition coefficient (Wildman–Crippen LogP) is 4.42. The highest BCUT2D eigenvalue weighted by molar-refractivity contribution is 6.10. The van der Waals surface area contributed by atoms with E-state index in [1.54, 1.807) is 18.2 Å². The lowest BCUT2D eigenvalue weighted by Gasteiger charge is -2.32. The van der Waals surface area contributed by atoms with Gasteiger partial charge in [-0.3, -0.25) is 9.59 Å². The second kappa shape index (κ2) is 13.5. The van der Waals surface area contributed by atoms with Crippen molar-refractivity contribution in [2.45, 2.75) is 40.0 Å². The average molecular weight is 470 g/mol. The summed E-state index contributed by atoms with van der Waals surface area (Å²) in [4.78, 5) is 33.6. The summed E-state index contributed by atoms with van der Waals surface area (Å²) in [5, 5.41) is 8.11. The van der Waals surface area contributed by atoms with Gasteiger partial charge in [0.1, 0.15) is 11.6 Å². The number of piperazine rings is 1. The van der Waals surface area contributed by atoms with Gasteiger partial charge in [-0.2, -0.15) is 0 Å². The van der Waals surface area contributed by atoms with Gasteiger partial charge in [0.05, 0.1) is 17.6 Å². The van der Waals surface area contributed by atoms with Gasteiger partial charge < -0.3 is 20.2 Å². The van der Waals surface area contributed by atoms with Crippen molar-refractivity contribution >= 4 is 23.5 Å². The molecule has 2 aromatic rings. The van der Waals surface area contributed by atoms with Crippen LogP contribution in [0.3, 0.4) is 0 Å². The molecule has 3 rings (SSSR count). The van der Waals surface area contributed by atoms with Crippen molar-refractivity contribution < 1.29 is 14.0 Å². The minimum atomic E-state index is -0.332. The highest BCUT2D eigenvalue weighted by Gasteiger charge is 2.17. The van der Waals surface area contributed by atoms with E-state index >= 15 is 0 Å². The number of imidazole rings is 1. The number of hydrogen-bond acceptors (Lipinski definition) is 5. The molecule has 1 amide bonds. The Kier molecular flexibility index (Phi) is 10.8. The molecule has 0 unspecified atom stereocenters. The molecular weight excluding hydrogens is 433 g/mol. The first-order chi connectivity index (χ1) is 16.2. The summed E-state index contributed by atoms with van der Waals surface area (Å²) in [6.07, 6.45) is 6.72.